The zero-order valence-corrected chi connectivity index (χ0v) is 14.0. The van der Waals surface area contributed by atoms with Crippen LogP contribution in [0.4, 0.5) is 0 Å². The molecule has 0 unspecified atom stereocenters. The fourth-order valence-electron chi connectivity index (χ4n) is 3.67. The number of hydrogen-bond donors (Lipinski definition) is 1. The molecule has 0 radical (unpaired) electrons. The van der Waals surface area contributed by atoms with E-state index in [4.69, 9.17) is 16.3 Å². The van der Waals surface area contributed by atoms with Crippen LogP contribution in [-0.4, -0.2) is 42.1 Å². The Bertz CT molecular complexity index is 590. The molecule has 23 heavy (non-hydrogen) atoms. The SMILES string of the molecule is O=C(NC[C@H]1CC[C@H]2[C@H](CN2Cc2cccc(Cl)c2)O1)C1CC1. The van der Waals surface area contributed by atoms with E-state index >= 15 is 0 Å². The molecular formula is C18H23ClN2O2. The number of carbonyl (C=O) groups excluding carboxylic acids is 1. The minimum absolute atomic E-state index is 0.187. The van der Waals surface area contributed by atoms with Crippen LogP contribution in [0.2, 0.25) is 5.02 Å². The van der Waals surface area contributed by atoms with Crippen molar-refractivity contribution in [1.29, 1.82) is 0 Å². The number of likely N-dealkylation sites (tertiary alicyclic amines) is 1. The third-order valence-electron chi connectivity index (χ3n) is 5.19. The second-order valence-electron chi connectivity index (χ2n) is 7.02. The van der Waals surface area contributed by atoms with E-state index in [9.17, 15) is 4.79 Å². The largest absolute Gasteiger partial charge is 0.370 e. The van der Waals surface area contributed by atoms with Gasteiger partial charge in [-0.1, -0.05) is 23.7 Å². The van der Waals surface area contributed by atoms with Crippen molar-refractivity contribution in [3.05, 3.63) is 34.9 Å². The summed E-state index contributed by atoms with van der Waals surface area (Å²) in [5.41, 5.74) is 1.26. The van der Waals surface area contributed by atoms with Gasteiger partial charge in [-0.25, -0.2) is 0 Å². The minimum atomic E-state index is 0.187. The second-order valence-corrected chi connectivity index (χ2v) is 7.46. The van der Waals surface area contributed by atoms with E-state index in [0.29, 0.717) is 18.7 Å². The molecule has 1 aromatic carbocycles. The van der Waals surface area contributed by atoms with Gasteiger partial charge in [-0.2, -0.15) is 0 Å². The molecule has 0 spiro atoms. The zero-order valence-electron chi connectivity index (χ0n) is 13.2. The number of ether oxygens (including phenoxy) is 1. The van der Waals surface area contributed by atoms with Crippen molar-refractivity contribution in [1.82, 2.24) is 10.2 Å². The molecule has 2 aliphatic heterocycles. The summed E-state index contributed by atoms with van der Waals surface area (Å²) < 4.78 is 6.15. The van der Waals surface area contributed by atoms with Gasteiger partial charge in [0.1, 0.15) is 0 Å². The highest BCUT2D eigenvalue weighted by atomic mass is 35.5. The Labute approximate surface area is 142 Å². The summed E-state index contributed by atoms with van der Waals surface area (Å²) in [7, 11) is 0. The molecule has 0 bridgehead atoms. The number of nitrogens with zero attached hydrogens (tertiary/aromatic N) is 1. The fraction of sp³-hybridized carbons (Fsp3) is 0.611. The smallest absolute Gasteiger partial charge is 0.223 e. The van der Waals surface area contributed by atoms with E-state index in [1.54, 1.807) is 0 Å². The summed E-state index contributed by atoms with van der Waals surface area (Å²) in [5.74, 6) is 0.496. The molecule has 5 heteroatoms. The Balaban J connectivity index is 1.23. The Morgan fingerprint density at radius 3 is 2.91 bits per heavy atom. The lowest BCUT2D eigenvalue weighted by molar-refractivity contribution is -0.169. The number of nitrogens with one attached hydrogen (secondary N) is 1. The van der Waals surface area contributed by atoms with Crippen LogP contribution in [0.1, 0.15) is 31.2 Å². The normalized spacial score (nSPS) is 30.4. The van der Waals surface area contributed by atoms with Crippen molar-refractivity contribution in [2.75, 3.05) is 13.1 Å². The van der Waals surface area contributed by atoms with E-state index in [1.807, 2.05) is 18.2 Å². The first-order valence-corrected chi connectivity index (χ1v) is 8.98. The summed E-state index contributed by atoms with van der Waals surface area (Å²) in [6.45, 7) is 2.59. The summed E-state index contributed by atoms with van der Waals surface area (Å²) in [6, 6.07) is 8.59. The van der Waals surface area contributed by atoms with E-state index in [0.717, 1.165) is 43.8 Å². The van der Waals surface area contributed by atoms with E-state index < -0.39 is 0 Å². The molecule has 3 aliphatic rings. The van der Waals surface area contributed by atoms with Gasteiger partial charge in [-0.15, -0.1) is 0 Å². The zero-order chi connectivity index (χ0) is 15.8. The summed E-state index contributed by atoms with van der Waals surface area (Å²) in [5, 5.41) is 3.84. The number of halogens is 1. The first-order valence-electron chi connectivity index (χ1n) is 8.61. The monoisotopic (exact) mass is 334 g/mol. The summed E-state index contributed by atoms with van der Waals surface area (Å²) in [6.07, 6.45) is 4.80. The molecule has 124 valence electrons. The van der Waals surface area contributed by atoms with Crippen molar-refractivity contribution in [2.24, 2.45) is 5.92 Å². The number of amides is 1. The maximum absolute atomic E-state index is 11.7. The van der Waals surface area contributed by atoms with Crippen LogP contribution in [0.5, 0.6) is 0 Å². The van der Waals surface area contributed by atoms with Crippen LogP contribution in [0.15, 0.2) is 24.3 Å². The first-order chi connectivity index (χ1) is 11.2. The van der Waals surface area contributed by atoms with Gasteiger partial charge in [-0.05, 0) is 43.4 Å². The van der Waals surface area contributed by atoms with Crippen molar-refractivity contribution < 1.29 is 9.53 Å². The molecule has 3 atom stereocenters. The van der Waals surface area contributed by atoms with E-state index in [1.165, 1.54) is 5.56 Å². The molecule has 4 nitrogen and oxygen atoms in total. The molecule has 1 saturated carbocycles. The maximum Gasteiger partial charge on any atom is 0.223 e. The predicted molar refractivity (Wildman–Crippen MR) is 89.3 cm³/mol. The average molecular weight is 335 g/mol. The average Bonchev–Trinajstić information content (AvgIpc) is 3.35. The van der Waals surface area contributed by atoms with Crippen LogP contribution in [-0.2, 0) is 16.1 Å². The fourth-order valence-corrected chi connectivity index (χ4v) is 3.88. The minimum Gasteiger partial charge on any atom is -0.370 e. The van der Waals surface area contributed by atoms with Gasteiger partial charge in [0.25, 0.3) is 0 Å². The highest BCUT2D eigenvalue weighted by Crippen LogP contribution is 2.34. The van der Waals surface area contributed by atoms with Crippen molar-refractivity contribution in [3.8, 4) is 0 Å². The molecule has 1 aromatic rings. The third kappa shape index (κ3) is 3.54. The molecule has 2 heterocycles. The molecule has 2 saturated heterocycles. The standard InChI is InChI=1S/C18H23ClN2O2/c19-14-3-1-2-12(8-14)10-21-11-17-16(21)7-6-15(23-17)9-20-18(22)13-4-5-13/h1-3,8,13,15-17H,4-7,9-11H2,(H,20,22)/t15-,16+,17+/m1/s1. The lowest BCUT2D eigenvalue weighted by Crippen LogP contribution is -2.64. The van der Waals surface area contributed by atoms with E-state index in [2.05, 4.69) is 16.3 Å². The topological polar surface area (TPSA) is 41.6 Å². The number of fused-ring (bicyclic) bond motifs is 1. The van der Waals surface area contributed by atoms with Gasteiger partial charge in [0.05, 0.1) is 12.2 Å². The lowest BCUT2D eigenvalue weighted by atomic mass is 9.89. The summed E-state index contributed by atoms with van der Waals surface area (Å²) in [4.78, 5) is 14.2. The Kier molecular flexibility index (Phi) is 4.31. The van der Waals surface area contributed by atoms with Gasteiger partial charge >= 0.3 is 0 Å². The van der Waals surface area contributed by atoms with Crippen LogP contribution < -0.4 is 5.32 Å². The maximum atomic E-state index is 11.7. The Hall–Kier alpha value is -1.10. The van der Waals surface area contributed by atoms with E-state index in [-0.39, 0.29) is 17.9 Å². The first kappa shape index (κ1) is 15.4. The number of benzene rings is 1. The van der Waals surface area contributed by atoms with Crippen LogP contribution in [0.3, 0.4) is 0 Å². The number of hydrogen-bond acceptors (Lipinski definition) is 3. The van der Waals surface area contributed by atoms with Gasteiger partial charge in [-0.3, -0.25) is 9.69 Å². The van der Waals surface area contributed by atoms with Gasteiger partial charge < -0.3 is 10.1 Å². The van der Waals surface area contributed by atoms with Crippen molar-refractivity contribution in [2.45, 2.75) is 50.5 Å². The lowest BCUT2D eigenvalue weighted by Gasteiger charge is -2.52. The molecule has 0 aromatic heterocycles. The van der Waals surface area contributed by atoms with Gasteiger partial charge in [0.2, 0.25) is 5.91 Å². The Morgan fingerprint density at radius 2 is 2.17 bits per heavy atom. The van der Waals surface area contributed by atoms with Gasteiger partial charge in [0.15, 0.2) is 0 Å². The highest BCUT2D eigenvalue weighted by Gasteiger charge is 2.44. The van der Waals surface area contributed by atoms with Crippen LogP contribution in [0, 0.1) is 5.92 Å². The Morgan fingerprint density at radius 1 is 1.30 bits per heavy atom. The van der Waals surface area contributed by atoms with Crippen molar-refractivity contribution in [3.63, 3.8) is 0 Å². The molecular weight excluding hydrogens is 312 g/mol. The second kappa shape index (κ2) is 6.42. The third-order valence-corrected chi connectivity index (χ3v) is 5.43. The molecule has 1 aliphatic carbocycles. The molecule has 3 fully saturated rings. The molecule has 1 N–H and O–H groups in total. The van der Waals surface area contributed by atoms with Crippen molar-refractivity contribution >= 4 is 17.5 Å². The van der Waals surface area contributed by atoms with Crippen LogP contribution >= 0.6 is 11.6 Å². The quantitative estimate of drug-likeness (QED) is 0.900. The van der Waals surface area contributed by atoms with Gasteiger partial charge in [0, 0.05) is 36.6 Å². The molecule has 1 amide bonds. The molecule has 4 rings (SSSR count). The summed E-state index contributed by atoms with van der Waals surface area (Å²) >= 11 is 6.06. The van der Waals surface area contributed by atoms with Crippen LogP contribution in [0.25, 0.3) is 0 Å². The number of carbonyl (C=O) groups is 1. The highest BCUT2D eigenvalue weighted by molar-refractivity contribution is 6.30. The predicted octanol–water partition coefficient (Wildman–Crippen LogP) is 2.60. The number of rotatable bonds is 5.